The Morgan fingerprint density at radius 2 is 1.62 bits per heavy atom. The second-order valence-corrected chi connectivity index (χ2v) is 10.9. The zero-order valence-corrected chi connectivity index (χ0v) is 25.3. The summed E-state index contributed by atoms with van der Waals surface area (Å²) in [4.78, 5) is 31.6. The molecule has 3 aromatic carbocycles. The third kappa shape index (κ3) is 6.44. The number of morpholine rings is 1. The van der Waals surface area contributed by atoms with E-state index >= 15 is 0 Å². The van der Waals surface area contributed by atoms with E-state index in [2.05, 4.69) is 29.2 Å². The summed E-state index contributed by atoms with van der Waals surface area (Å²) >= 11 is 12.3. The standard InChI is InChI=1S/C31H33Cl2N3O6/c1-34(30(37)18-36-25-15-23(32)24(33)16-28(25)42-19-31(36)38)17-26(35-10-12-41-13-11-35)21-6-4-20(5-7-21)22-8-9-27(39-2)29(14-22)40-3/h4-9,14-16,26H,10-13,17-19H2,1-3H3. The highest BCUT2D eigenvalue weighted by Crippen LogP contribution is 2.39. The molecule has 0 radical (unpaired) electrons. The third-order valence-corrected chi connectivity index (χ3v) is 8.33. The SMILES string of the molecule is COc1ccc(-c2ccc(C(CN(C)C(=O)CN3C(=O)COc4cc(Cl)c(Cl)cc43)N3CCOCC3)cc2)cc1OC. The topological polar surface area (TPSA) is 80.8 Å². The van der Waals surface area contributed by atoms with Crippen LogP contribution in [-0.4, -0.2) is 88.9 Å². The molecule has 0 aliphatic carbocycles. The zero-order valence-electron chi connectivity index (χ0n) is 23.8. The molecule has 2 aliphatic heterocycles. The second-order valence-electron chi connectivity index (χ2n) is 10.1. The fourth-order valence-corrected chi connectivity index (χ4v) is 5.53. The normalized spacial score (nSPS) is 15.9. The summed E-state index contributed by atoms with van der Waals surface area (Å²) in [6.45, 7) is 2.86. The first-order valence-electron chi connectivity index (χ1n) is 13.6. The maximum Gasteiger partial charge on any atom is 0.265 e. The molecule has 0 bridgehead atoms. The highest BCUT2D eigenvalue weighted by Gasteiger charge is 2.31. The number of anilines is 1. The minimum atomic E-state index is -0.321. The molecule has 0 N–H and O–H groups in total. The van der Waals surface area contributed by atoms with Crippen LogP contribution in [-0.2, 0) is 14.3 Å². The number of likely N-dealkylation sites (N-methyl/N-ethyl adjacent to an activating group) is 1. The van der Waals surface area contributed by atoms with Crippen LogP contribution < -0.4 is 19.1 Å². The van der Waals surface area contributed by atoms with Gasteiger partial charge in [0.25, 0.3) is 5.91 Å². The van der Waals surface area contributed by atoms with Crippen molar-refractivity contribution in [1.82, 2.24) is 9.80 Å². The zero-order chi connectivity index (χ0) is 29.8. The molecule has 0 spiro atoms. The molecule has 11 heteroatoms. The highest BCUT2D eigenvalue weighted by molar-refractivity contribution is 6.42. The molecule has 9 nitrogen and oxygen atoms in total. The molecular weight excluding hydrogens is 581 g/mol. The number of carbonyl (C=O) groups is 2. The quantitative estimate of drug-likeness (QED) is 0.338. The van der Waals surface area contributed by atoms with Gasteiger partial charge in [0.05, 0.1) is 49.2 Å². The summed E-state index contributed by atoms with van der Waals surface area (Å²) in [5.41, 5.74) is 3.55. The van der Waals surface area contributed by atoms with Gasteiger partial charge in [0.2, 0.25) is 5.91 Å². The van der Waals surface area contributed by atoms with Gasteiger partial charge in [-0.15, -0.1) is 0 Å². The number of methoxy groups -OCH3 is 2. The average molecular weight is 615 g/mol. The number of hydrogen-bond acceptors (Lipinski definition) is 7. The Bertz CT molecular complexity index is 1450. The van der Waals surface area contributed by atoms with Gasteiger partial charge < -0.3 is 23.8 Å². The van der Waals surface area contributed by atoms with E-state index in [0.717, 1.165) is 29.8 Å². The molecule has 2 heterocycles. The van der Waals surface area contributed by atoms with Gasteiger partial charge in [-0.1, -0.05) is 53.5 Å². The summed E-state index contributed by atoms with van der Waals surface area (Å²) in [5, 5.41) is 0.599. The smallest absolute Gasteiger partial charge is 0.265 e. The van der Waals surface area contributed by atoms with E-state index < -0.39 is 0 Å². The lowest BCUT2D eigenvalue weighted by atomic mass is 9.99. The van der Waals surface area contributed by atoms with Crippen LogP contribution in [0.1, 0.15) is 11.6 Å². The lowest BCUT2D eigenvalue weighted by Crippen LogP contribution is -2.48. The summed E-state index contributed by atoms with van der Waals surface area (Å²) < 4.78 is 22.0. The van der Waals surface area contributed by atoms with E-state index in [-0.39, 0.29) is 36.0 Å². The number of ether oxygens (including phenoxy) is 4. The van der Waals surface area contributed by atoms with Crippen molar-refractivity contribution in [2.45, 2.75) is 6.04 Å². The first-order chi connectivity index (χ1) is 20.3. The maximum absolute atomic E-state index is 13.5. The van der Waals surface area contributed by atoms with Crippen molar-refractivity contribution in [3.8, 4) is 28.4 Å². The number of carbonyl (C=O) groups excluding carboxylic acids is 2. The van der Waals surface area contributed by atoms with Gasteiger partial charge in [0.1, 0.15) is 12.3 Å². The van der Waals surface area contributed by atoms with Gasteiger partial charge in [-0.05, 0) is 34.9 Å². The fraction of sp³-hybridized carbons (Fsp3) is 0.355. The van der Waals surface area contributed by atoms with E-state index in [1.54, 1.807) is 38.3 Å². The molecular formula is C31H33Cl2N3O6. The molecule has 2 aliphatic rings. The lowest BCUT2D eigenvalue weighted by Gasteiger charge is -2.37. The lowest BCUT2D eigenvalue weighted by molar-refractivity contribution is -0.131. The first-order valence-corrected chi connectivity index (χ1v) is 14.3. The predicted octanol–water partition coefficient (Wildman–Crippen LogP) is 4.93. The molecule has 222 valence electrons. The minimum Gasteiger partial charge on any atom is -0.493 e. The number of nitrogens with zero attached hydrogens (tertiary/aromatic N) is 3. The number of halogens is 2. The van der Waals surface area contributed by atoms with Crippen molar-refractivity contribution in [3.05, 3.63) is 70.2 Å². The number of rotatable bonds is 9. The number of fused-ring (bicyclic) bond motifs is 1. The number of hydrogen-bond donors (Lipinski definition) is 0. The van der Waals surface area contributed by atoms with Crippen molar-refractivity contribution >= 4 is 40.7 Å². The Morgan fingerprint density at radius 1 is 0.952 bits per heavy atom. The van der Waals surface area contributed by atoms with Gasteiger partial charge >= 0.3 is 0 Å². The Morgan fingerprint density at radius 3 is 2.31 bits per heavy atom. The predicted molar refractivity (Wildman–Crippen MR) is 162 cm³/mol. The summed E-state index contributed by atoms with van der Waals surface area (Å²) in [5.74, 6) is 1.23. The van der Waals surface area contributed by atoms with Gasteiger partial charge in [-0.25, -0.2) is 0 Å². The molecule has 42 heavy (non-hydrogen) atoms. The van der Waals surface area contributed by atoms with Crippen molar-refractivity contribution in [1.29, 1.82) is 0 Å². The van der Waals surface area contributed by atoms with Crippen LogP contribution in [0.25, 0.3) is 11.1 Å². The number of amides is 2. The minimum absolute atomic E-state index is 0.0665. The Kier molecular flexibility index (Phi) is 9.43. The largest absolute Gasteiger partial charge is 0.493 e. The summed E-state index contributed by atoms with van der Waals surface area (Å²) in [6, 6.07) is 17.2. The van der Waals surface area contributed by atoms with Crippen molar-refractivity contribution in [2.24, 2.45) is 0 Å². The van der Waals surface area contributed by atoms with Crippen molar-refractivity contribution in [2.75, 3.05) is 72.2 Å². The first kappa shape index (κ1) is 30.0. The molecule has 1 fully saturated rings. The van der Waals surface area contributed by atoms with Crippen LogP contribution >= 0.6 is 23.2 Å². The highest BCUT2D eigenvalue weighted by atomic mass is 35.5. The molecule has 0 saturated carbocycles. The summed E-state index contributed by atoms with van der Waals surface area (Å²) in [6.07, 6.45) is 0. The monoisotopic (exact) mass is 613 g/mol. The molecule has 1 atom stereocenters. The molecule has 1 unspecified atom stereocenters. The second kappa shape index (κ2) is 13.2. The summed E-state index contributed by atoms with van der Waals surface area (Å²) in [7, 11) is 4.99. The number of benzene rings is 3. The van der Waals surface area contributed by atoms with Crippen LogP contribution in [0.4, 0.5) is 5.69 Å². The van der Waals surface area contributed by atoms with E-state index in [9.17, 15) is 9.59 Å². The fourth-order valence-electron chi connectivity index (χ4n) is 5.22. The Balaban J connectivity index is 1.35. The molecule has 5 rings (SSSR count). The van der Waals surface area contributed by atoms with Gasteiger partial charge in [0, 0.05) is 32.7 Å². The average Bonchev–Trinajstić information content (AvgIpc) is 3.02. The molecule has 1 saturated heterocycles. The van der Waals surface area contributed by atoms with Crippen LogP contribution in [0.5, 0.6) is 17.2 Å². The Hall–Kier alpha value is -3.50. The molecule has 3 aromatic rings. The van der Waals surface area contributed by atoms with Crippen molar-refractivity contribution in [3.63, 3.8) is 0 Å². The van der Waals surface area contributed by atoms with E-state index in [1.807, 2.05) is 18.2 Å². The van der Waals surface area contributed by atoms with Crippen LogP contribution in [0.2, 0.25) is 10.0 Å². The third-order valence-electron chi connectivity index (χ3n) is 7.61. The van der Waals surface area contributed by atoms with Gasteiger partial charge in [-0.2, -0.15) is 0 Å². The van der Waals surface area contributed by atoms with Crippen LogP contribution in [0.15, 0.2) is 54.6 Å². The van der Waals surface area contributed by atoms with Gasteiger partial charge in [-0.3, -0.25) is 19.4 Å². The van der Waals surface area contributed by atoms with Gasteiger partial charge in [0.15, 0.2) is 18.1 Å². The van der Waals surface area contributed by atoms with E-state index in [4.69, 9.17) is 42.1 Å². The van der Waals surface area contributed by atoms with E-state index in [0.29, 0.717) is 47.7 Å². The molecule has 2 amide bonds. The molecule has 0 aromatic heterocycles. The van der Waals surface area contributed by atoms with Crippen LogP contribution in [0, 0.1) is 0 Å². The van der Waals surface area contributed by atoms with Crippen molar-refractivity contribution < 1.29 is 28.5 Å². The Labute approximate surface area is 255 Å². The van der Waals surface area contributed by atoms with Crippen LogP contribution in [0.3, 0.4) is 0 Å². The van der Waals surface area contributed by atoms with E-state index in [1.165, 1.54) is 4.90 Å². The maximum atomic E-state index is 13.5.